The number of carbonyl (C=O) groups excluding carboxylic acids is 1. The Hall–Kier alpha value is -4.49. The quantitative estimate of drug-likeness (QED) is 0.356. The SMILES string of the molecule is CN1C(=O)[C@]2(CCN(CC3(CC#N)CC3)C2)c2c1cnc1[nH]c(-c3cnn(C)c3)c(-c3ccc4c(cnn4C)c3)c21. The average Bonchev–Trinajstić information content (AvgIpc) is 3.41. The predicted molar refractivity (Wildman–Crippen MR) is 156 cm³/mol. The number of fused-ring (bicyclic) bond motifs is 5. The molecule has 10 heteroatoms. The maximum atomic E-state index is 14.2. The van der Waals surface area contributed by atoms with Crippen molar-refractivity contribution in [1.82, 2.24) is 34.4 Å². The Balaban J connectivity index is 1.36. The van der Waals surface area contributed by atoms with Gasteiger partial charge in [0, 0.05) is 74.3 Å². The standard InChI is InChI=1S/C31H31N9O/c1-37-16-21(14-34-37)27-24(19-4-5-22-20(12-19)13-35-39(22)3)25-26-23(15-33-28(25)36-27)38(2)29(41)31(26)9-11-40(18-31)17-30(6-7-30)8-10-32/h4-5,12-16H,6-9,11,17-18H2,1-3H3,(H,33,36)/t31-/m0/s1. The molecule has 1 saturated heterocycles. The third kappa shape index (κ3) is 3.39. The molecule has 1 aromatic carbocycles. The van der Waals surface area contributed by atoms with E-state index in [0.29, 0.717) is 13.0 Å². The highest BCUT2D eigenvalue weighted by Crippen LogP contribution is 2.55. The number of aromatic amines is 1. The van der Waals surface area contributed by atoms with Gasteiger partial charge in [-0.25, -0.2) is 4.98 Å². The highest BCUT2D eigenvalue weighted by atomic mass is 16.2. The summed E-state index contributed by atoms with van der Waals surface area (Å²) in [4.78, 5) is 26.9. The molecule has 0 unspecified atom stereocenters. The predicted octanol–water partition coefficient (Wildman–Crippen LogP) is 4.13. The molecule has 41 heavy (non-hydrogen) atoms. The number of nitrogens with one attached hydrogen (secondary N) is 1. The van der Waals surface area contributed by atoms with Crippen LogP contribution in [-0.4, -0.2) is 67.0 Å². The van der Waals surface area contributed by atoms with Crippen LogP contribution in [0.25, 0.3) is 44.3 Å². The fourth-order valence-electron chi connectivity index (χ4n) is 7.41. The first-order valence-corrected chi connectivity index (χ1v) is 14.2. The number of nitrogens with zero attached hydrogens (tertiary/aromatic N) is 8. The van der Waals surface area contributed by atoms with Crippen LogP contribution in [0.3, 0.4) is 0 Å². The van der Waals surface area contributed by atoms with Crippen molar-refractivity contribution in [1.29, 1.82) is 5.26 Å². The topological polar surface area (TPSA) is 112 Å². The van der Waals surface area contributed by atoms with Crippen molar-refractivity contribution in [3.8, 4) is 28.5 Å². The lowest BCUT2D eigenvalue weighted by molar-refractivity contribution is -0.122. The number of nitriles is 1. The van der Waals surface area contributed by atoms with Gasteiger partial charge in [-0.3, -0.25) is 14.2 Å². The van der Waals surface area contributed by atoms with Crippen molar-refractivity contribution >= 4 is 33.5 Å². The smallest absolute Gasteiger partial charge is 0.238 e. The first kappa shape index (κ1) is 24.3. The van der Waals surface area contributed by atoms with Gasteiger partial charge in [0.1, 0.15) is 5.65 Å². The summed E-state index contributed by atoms with van der Waals surface area (Å²) in [5, 5.41) is 20.4. The molecule has 4 aromatic heterocycles. The zero-order valence-electron chi connectivity index (χ0n) is 23.5. The summed E-state index contributed by atoms with van der Waals surface area (Å²) < 4.78 is 3.68. The van der Waals surface area contributed by atoms with Gasteiger partial charge in [0.15, 0.2) is 0 Å². The van der Waals surface area contributed by atoms with Crippen LogP contribution in [0.1, 0.15) is 31.2 Å². The van der Waals surface area contributed by atoms with E-state index in [-0.39, 0.29) is 11.3 Å². The van der Waals surface area contributed by atoms with Crippen molar-refractivity contribution in [3.63, 3.8) is 0 Å². The zero-order chi connectivity index (χ0) is 28.1. The van der Waals surface area contributed by atoms with E-state index in [0.717, 1.165) is 87.9 Å². The van der Waals surface area contributed by atoms with Crippen LogP contribution >= 0.6 is 0 Å². The Kier molecular flexibility index (Phi) is 4.91. The van der Waals surface area contributed by atoms with Gasteiger partial charge in [-0.15, -0.1) is 0 Å². The second kappa shape index (κ2) is 8.27. The summed E-state index contributed by atoms with van der Waals surface area (Å²) in [7, 11) is 5.74. The fourth-order valence-corrected chi connectivity index (χ4v) is 7.41. The Morgan fingerprint density at radius 1 is 1.07 bits per heavy atom. The number of hydrogen-bond donors (Lipinski definition) is 1. The number of likely N-dealkylation sites (tertiary alicyclic amines) is 1. The second-order valence-corrected chi connectivity index (χ2v) is 12.3. The molecule has 1 spiro atoms. The number of aromatic nitrogens is 6. The number of hydrogen-bond acceptors (Lipinski definition) is 6. The van der Waals surface area contributed by atoms with Gasteiger partial charge in [0.2, 0.25) is 5.91 Å². The normalized spacial score (nSPS) is 21.4. The van der Waals surface area contributed by atoms with Crippen LogP contribution in [-0.2, 0) is 24.3 Å². The van der Waals surface area contributed by atoms with E-state index >= 15 is 0 Å². The molecule has 2 aliphatic heterocycles. The largest absolute Gasteiger partial charge is 0.339 e. The van der Waals surface area contributed by atoms with Gasteiger partial charge < -0.3 is 14.8 Å². The Morgan fingerprint density at radius 3 is 2.68 bits per heavy atom. The third-order valence-corrected chi connectivity index (χ3v) is 9.70. The summed E-state index contributed by atoms with van der Waals surface area (Å²) in [6.07, 6.45) is 11.1. The maximum absolute atomic E-state index is 14.2. The second-order valence-electron chi connectivity index (χ2n) is 12.3. The molecule has 5 aromatic rings. The molecule has 1 N–H and O–H groups in total. The van der Waals surface area contributed by atoms with Crippen molar-refractivity contribution in [3.05, 3.63) is 48.5 Å². The van der Waals surface area contributed by atoms with E-state index in [4.69, 9.17) is 4.98 Å². The summed E-state index contributed by atoms with van der Waals surface area (Å²) in [6, 6.07) is 8.82. The number of likely N-dealkylation sites (N-methyl/N-ethyl adjacent to an activating group) is 1. The Bertz CT molecular complexity index is 1930. The molecule has 1 saturated carbocycles. The fraction of sp³-hybridized carbons (Fsp3) is 0.387. The lowest BCUT2D eigenvalue weighted by Crippen LogP contribution is -2.41. The van der Waals surface area contributed by atoms with Crippen molar-refractivity contribution in [2.24, 2.45) is 19.5 Å². The van der Waals surface area contributed by atoms with Crippen LogP contribution < -0.4 is 4.90 Å². The summed E-state index contributed by atoms with van der Waals surface area (Å²) >= 11 is 0. The zero-order valence-corrected chi connectivity index (χ0v) is 23.5. The lowest BCUT2D eigenvalue weighted by Gasteiger charge is -2.26. The molecular formula is C31H31N9O. The van der Waals surface area contributed by atoms with Gasteiger partial charge >= 0.3 is 0 Å². The molecule has 3 aliphatic rings. The van der Waals surface area contributed by atoms with Crippen molar-refractivity contribution < 1.29 is 4.79 Å². The highest BCUT2D eigenvalue weighted by molar-refractivity contribution is 6.16. The molecule has 0 radical (unpaired) electrons. The number of amides is 1. The molecule has 10 nitrogen and oxygen atoms in total. The summed E-state index contributed by atoms with van der Waals surface area (Å²) in [5.74, 6) is 0.132. The van der Waals surface area contributed by atoms with Crippen molar-refractivity contribution in [2.75, 3.05) is 31.6 Å². The Labute approximate surface area is 237 Å². The van der Waals surface area contributed by atoms with Gasteiger partial charge in [-0.1, -0.05) is 6.07 Å². The number of H-pyrrole nitrogens is 1. The number of aryl methyl sites for hydroxylation is 2. The molecule has 206 valence electrons. The minimum Gasteiger partial charge on any atom is -0.339 e. The average molecular weight is 546 g/mol. The number of anilines is 1. The lowest BCUT2D eigenvalue weighted by atomic mass is 9.78. The van der Waals surface area contributed by atoms with Crippen LogP contribution in [0.5, 0.6) is 0 Å². The number of carbonyl (C=O) groups is 1. The van der Waals surface area contributed by atoms with E-state index in [9.17, 15) is 10.1 Å². The number of rotatable bonds is 5. The summed E-state index contributed by atoms with van der Waals surface area (Å²) in [5.41, 5.74) is 7.19. The van der Waals surface area contributed by atoms with Gasteiger partial charge in [-0.2, -0.15) is 15.5 Å². The van der Waals surface area contributed by atoms with E-state index in [1.165, 1.54) is 0 Å². The molecule has 1 atom stereocenters. The number of benzene rings is 1. The summed E-state index contributed by atoms with van der Waals surface area (Å²) in [6.45, 7) is 2.37. The Morgan fingerprint density at radius 2 is 1.93 bits per heavy atom. The van der Waals surface area contributed by atoms with Crippen molar-refractivity contribution in [2.45, 2.75) is 31.1 Å². The van der Waals surface area contributed by atoms with E-state index < -0.39 is 5.41 Å². The first-order chi connectivity index (χ1) is 19.8. The van der Waals surface area contributed by atoms with Crippen LogP contribution in [0.2, 0.25) is 0 Å². The molecule has 2 fully saturated rings. The van der Waals surface area contributed by atoms with Gasteiger partial charge in [0.05, 0.1) is 47.0 Å². The molecule has 8 rings (SSSR count). The minimum absolute atomic E-state index is 0.0933. The molecule has 1 amide bonds. The third-order valence-electron chi connectivity index (χ3n) is 9.70. The molecule has 1 aliphatic carbocycles. The monoisotopic (exact) mass is 545 g/mol. The van der Waals surface area contributed by atoms with E-state index in [1.54, 1.807) is 9.58 Å². The minimum atomic E-state index is -0.657. The molecule has 0 bridgehead atoms. The van der Waals surface area contributed by atoms with Gasteiger partial charge in [0.25, 0.3) is 0 Å². The number of pyridine rings is 1. The van der Waals surface area contributed by atoms with Crippen LogP contribution in [0.15, 0.2) is 43.0 Å². The van der Waals surface area contributed by atoms with E-state index in [2.05, 4.69) is 44.3 Å². The van der Waals surface area contributed by atoms with Gasteiger partial charge in [-0.05, 0) is 48.9 Å². The van der Waals surface area contributed by atoms with Crippen LogP contribution in [0.4, 0.5) is 5.69 Å². The first-order valence-electron chi connectivity index (χ1n) is 14.2. The van der Waals surface area contributed by atoms with Crippen LogP contribution in [0, 0.1) is 16.7 Å². The molecular weight excluding hydrogens is 514 g/mol. The van der Waals surface area contributed by atoms with E-state index in [1.807, 2.05) is 50.6 Å². The maximum Gasteiger partial charge on any atom is 0.238 e. The molecule has 6 heterocycles. The highest BCUT2D eigenvalue weighted by Gasteiger charge is 2.56.